The lowest BCUT2D eigenvalue weighted by atomic mass is 10.1. The minimum absolute atomic E-state index is 0.0902. The smallest absolute Gasteiger partial charge is 0.343 e. The topological polar surface area (TPSA) is 50.6 Å². The second-order valence-corrected chi connectivity index (χ2v) is 5.78. The third kappa shape index (κ3) is 2.76. The predicted molar refractivity (Wildman–Crippen MR) is 86.4 cm³/mol. The number of esters is 1. The van der Waals surface area contributed by atoms with Crippen LogP contribution in [0.5, 0.6) is 0 Å². The highest BCUT2D eigenvalue weighted by Crippen LogP contribution is 2.32. The van der Waals surface area contributed by atoms with Crippen molar-refractivity contribution < 1.29 is 13.9 Å². The minimum Gasteiger partial charge on any atom is -0.465 e. The number of halogens is 1. The van der Waals surface area contributed by atoms with Crippen LogP contribution in [-0.2, 0) is 11.3 Å². The fourth-order valence-corrected chi connectivity index (χ4v) is 2.94. The molecule has 0 spiro atoms. The van der Waals surface area contributed by atoms with E-state index < -0.39 is 11.8 Å². The molecule has 0 radical (unpaired) electrons. The Balaban J connectivity index is 2.15. The fraction of sp³-hybridized carbons (Fsp3) is 0.500. The summed E-state index contributed by atoms with van der Waals surface area (Å²) < 4.78 is 21.0. The number of carbonyl (C=O) groups is 1. The molecule has 1 aliphatic rings. The molecular formula is C16H21FN4O2. The van der Waals surface area contributed by atoms with Gasteiger partial charge in [0.2, 0.25) is 0 Å². The van der Waals surface area contributed by atoms with Crippen molar-refractivity contribution in [2.24, 2.45) is 0 Å². The predicted octanol–water partition coefficient (Wildman–Crippen LogP) is 1.73. The van der Waals surface area contributed by atoms with E-state index in [0.29, 0.717) is 12.1 Å². The quantitative estimate of drug-likeness (QED) is 0.806. The van der Waals surface area contributed by atoms with Gasteiger partial charge in [-0.25, -0.2) is 9.18 Å². The molecule has 0 aliphatic carbocycles. The summed E-state index contributed by atoms with van der Waals surface area (Å²) in [5.74, 6) is -1.28. The first-order valence-corrected chi connectivity index (χ1v) is 7.76. The van der Waals surface area contributed by atoms with Crippen LogP contribution in [0, 0.1) is 5.82 Å². The van der Waals surface area contributed by atoms with Crippen LogP contribution in [0.1, 0.15) is 17.3 Å². The zero-order valence-corrected chi connectivity index (χ0v) is 13.7. The molecule has 6 nitrogen and oxygen atoms in total. The number of hydrogen-bond acceptors (Lipinski definition) is 5. The molecule has 1 aromatic heterocycles. The van der Waals surface area contributed by atoms with Gasteiger partial charge in [-0.05, 0) is 20.0 Å². The first-order chi connectivity index (χ1) is 11.0. The van der Waals surface area contributed by atoms with Crippen LogP contribution in [0.2, 0.25) is 0 Å². The second-order valence-electron chi connectivity index (χ2n) is 5.78. The highest BCUT2D eigenvalue weighted by Gasteiger charge is 2.25. The molecule has 1 saturated heterocycles. The largest absolute Gasteiger partial charge is 0.465 e. The van der Waals surface area contributed by atoms with Gasteiger partial charge >= 0.3 is 5.97 Å². The lowest BCUT2D eigenvalue weighted by Crippen LogP contribution is -2.44. The van der Waals surface area contributed by atoms with E-state index in [1.165, 1.54) is 13.2 Å². The van der Waals surface area contributed by atoms with Gasteiger partial charge in [0.1, 0.15) is 16.9 Å². The number of piperazine rings is 1. The maximum absolute atomic E-state index is 14.6. The number of nitrogens with zero attached hydrogens (tertiary/aromatic N) is 4. The number of ether oxygens (including phenoxy) is 1. The number of methoxy groups -OCH3 is 1. The molecule has 1 aliphatic heterocycles. The van der Waals surface area contributed by atoms with E-state index in [1.54, 1.807) is 4.68 Å². The maximum atomic E-state index is 14.6. The number of rotatable bonds is 3. The first kappa shape index (κ1) is 15.7. The van der Waals surface area contributed by atoms with Crippen molar-refractivity contribution in [3.63, 3.8) is 0 Å². The van der Waals surface area contributed by atoms with Gasteiger partial charge < -0.3 is 14.5 Å². The van der Waals surface area contributed by atoms with Gasteiger partial charge in [0.05, 0.1) is 12.8 Å². The lowest BCUT2D eigenvalue weighted by Gasteiger charge is -2.34. The number of anilines is 1. The van der Waals surface area contributed by atoms with Crippen molar-refractivity contribution in [1.29, 1.82) is 0 Å². The Kier molecular flexibility index (Phi) is 4.21. The first-order valence-electron chi connectivity index (χ1n) is 7.76. The van der Waals surface area contributed by atoms with Crippen LogP contribution in [0.3, 0.4) is 0 Å². The third-order valence-electron chi connectivity index (χ3n) is 4.33. The molecule has 124 valence electrons. The third-order valence-corrected chi connectivity index (χ3v) is 4.33. The molecule has 0 atom stereocenters. The Labute approximate surface area is 134 Å². The Hall–Kier alpha value is -2.15. The van der Waals surface area contributed by atoms with E-state index in [2.05, 4.69) is 21.9 Å². The number of carbonyl (C=O) groups excluding carboxylic acids is 1. The monoisotopic (exact) mass is 320 g/mol. The molecule has 0 saturated carbocycles. The molecule has 1 fully saturated rings. The summed E-state index contributed by atoms with van der Waals surface area (Å²) in [6, 6.07) is 1.43. The Bertz CT molecular complexity index is 735. The molecule has 1 aromatic carbocycles. The van der Waals surface area contributed by atoms with Crippen molar-refractivity contribution in [2.75, 3.05) is 45.2 Å². The van der Waals surface area contributed by atoms with Crippen LogP contribution in [0.15, 0.2) is 12.3 Å². The van der Waals surface area contributed by atoms with Gasteiger partial charge in [0.15, 0.2) is 0 Å². The highest BCUT2D eigenvalue weighted by molar-refractivity contribution is 6.07. The van der Waals surface area contributed by atoms with Crippen LogP contribution in [-0.4, -0.2) is 61.0 Å². The van der Waals surface area contributed by atoms with E-state index >= 15 is 0 Å². The number of likely N-dealkylation sites (N-methyl/N-ethyl adjacent to an activating group) is 1. The standard InChI is InChI=1S/C16H21FN4O2/c1-4-21-10-11-13(20-7-5-19(2)6-8-20)9-12(17)14(15(11)18-21)16(22)23-3/h9-10H,4-8H2,1-3H3. The molecule has 0 N–H and O–H groups in total. The summed E-state index contributed by atoms with van der Waals surface area (Å²) in [6.45, 7) is 6.09. The molecule has 0 amide bonds. The number of benzene rings is 1. The summed E-state index contributed by atoms with van der Waals surface area (Å²) >= 11 is 0. The van der Waals surface area contributed by atoms with E-state index in [-0.39, 0.29) is 5.56 Å². The van der Waals surface area contributed by atoms with E-state index in [0.717, 1.165) is 37.3 Å². The van der Waals surface area contributed by atoms with Crippen LogP contribution in [0.25, 0.3) is 10.9 Å². The molecule has 0 unspecified atom stereocenters. The van der Waals surface area contributed by atoms with Crippen molar-refractivity contribution >= 4 is 22.6 Å². The van der Waals surface area contributed by atoms with Gasteiger partial charge in [-0.15, -0.1) is 0 Å². The average Bonchev–Trinajstić information content (AvgIpc) is 2.98. The number of fused-ring (bicyclic) bond motifs is 1. The summed E-state index contributed by atoms with van der Waals surface area (Å²) in [5.41, 5.74) is 1.07. The highest BCUT2D eigenvalue weighted by atomic mass is 19.1. The summed E-state index contributed by atoms with van der Waals surface area (Å²) in [4.78, 5) is 16.3. The van der Waals surface area contributed by atoms with E-state index in [1.807, 2.05) is 13.1 Å². The van der Waals surface area contributed by atoms with Crippen LogP contribution >= 0.6 is 0 Å². The van der Waals surface area contributed by atoms with Crippen molar-refractivity contribution in [3.8, 4) is 0 Å². The molecule has 2 aromatic rings. The molecule has 2 heterocycles. The average molecular weight is 320 g/mol. The van der Waals surface area contributed by atoms with Crippen molar-refractivity contribution in [1.82, 2.24) is 14.7 Å². The van der Waals surface area contributed by atoms with Crippen LogP contribution < -0.4 is 4.90 Å². The number of hydrogen-bond donors (Lipinski definition) is 0. The SMILES string of the molecule is CCn1cc2c(N3CCN(C)CC3)cc(F)c(C(=O)OC)c2n1. The molecule has 3 rings (SSSR count). The van der Waals surface area contributed by atoms with Gasteiger partial charge in [-0.3, -0.25) is 4.68 Å². The minimum atomic E-state index is -0.696. The normalized spacial score (nSPS) is 16.1. The second kappa shape index (κ2) is 6.16. The van der Waals surface area contributed by atoms with Gasteiger partial charge in [-0.2, -0.15) is 5.10 Å². The van der Waals surface area contributed by atoms with E-state index in [4.69, 9.17) is 4.74 Å². The molecular weight excluding hydrogens is 299 g/mol. The lowest BCUT2D eigenvalue weighted by molar-refractivity contribution is 0.0597. The van der Waals surface area contributed by atoms with Gasteiger partial charge in [-0.1, -0.05) is 0 Å². The summed E-state index contributed by atoms with van der Waals surface area (Å²) in [5, 5.41) is 5.16. The maximum Gasteiger partial charge on any atom is 0.343 e. The zero-order valence-electron chi connectivity index (χ0n) is 13.7. The summed E-state index contributed by atoms with van der Waals surface area (Å²) in [6.07, 6.45) is 1.87. The van der Waals surface area contributed by atoms with E-state index in [9.17, 15) is 9.18 Å². The van der Waals surface area contributed by atoms with Gasteiger partial charge in [0, 0.05) is 44.3 Å². The molecule has 7 heteroatoms. The molecule has 23 heavy (non-hydrogen) atoms. The fourth-order valence-electron chi connectivity index (χ4n) is 2.94. The Morgan fingerprint density at radius 2 is 2.04 bits per heavy atom. The molecule has 0 bridgehead atoms. The number of aromatic nitrogens is 2. The van der Waals surface area contributed by atoms with Crippen LogP contribution in [0.4, 0.5) is 10.1 Å². The van der Waals surface area contributed by atoms with Gasteiger partial charge in [0.25, 0.3) is 0 Å². The Morgan fingerprint density at radius 3 is 2.65 bits per heavy atom. The zero-order chi connectivity index (χ0) is 16.6. The Morgan fingerprint density at radius 1 is 1.35 bits per heavy atom. The van der Waals surface area contributed by atoms with Crippen molar-refractivity contribution in [2.45, 2.75) is 13.5 Å². The summed E-state index contributed by atoms with van der Waals surface area (Å²) in [7, 11) is 3.32. The number of aryl methyl sites for hydroxylation is 1. The van der Waals surface area contributed by atoms with Crippen molar-refractivity contribution in [3.05, 3.63) is 23.6 Å².